The molecule has 1 aliphatic heterocycles. The standard InChI is InChI=1S/C43H70N11O14P/c1-25(2)19-32(48-41(61)35-15-14-17-53(35)29(6)56)38(58)47-33(39(59)49-34(23-55)40(60)50-36(37(44)57)28(5)68-69(63,64)65)20-30-21-45-24-52(30)16-12-10-11-13-18-66-46-22-31-26(3)51-54(27(31)4)42(62)67-43(7,8)9/h21-22,24-25,28,32-36,55H,10-20,23H2,1-9H3,(H2,44,57)(H,47,58)(H,48,61)(H,49,59)(H,50,60)(H2,63,64,65)/b46-22+/t28-,32+,33+,34+,35+,36+/m1/s1. The van der Waals surface area contributed by atoms with E-state index in [1.807, 2.05) is 13.8 Å². The van der Waals surface area contributed by atoms with Gasteiger partial charge >= 0.3 is 13.9 Å². The van der Waals surface area contributed by atoms with Gasteiger partial charge in [0.25, 0.3) is 0 Å². The Morgan fingerprint density at radius 3 is 2.20 bits per heavy atom. The fourth-order valence-electron chi connectivity index (χ4n) is 7.48. The molecule has 0 radical (unpaired) electrons. The van der Waals surface area contributed by atoms with Gasteiger partial charge in [-0.05, 0) is 86.0 Å². The molecule has 0 aromatic carbocycles. The molecule has 0 bridgehead atoms. The lowest BCUT2D eigenvalue weighted by molar-refractivity contribution is -0.139. The maximum absolute atomic E-state index is 14.1. The third-order valence-corrected chi connectivity index (χ3v) is 11.5. The van der Waals surface area contributed by atoms with Crippen molar-refractivity contribution in [1.29, 1.82) is 0 Å². The molecule has 6 atom stereocenters. The molecule has 1 saturated heterocycles. The summed E-state index contributed by atoms with van der Waals surface area (Å²) in [5.41, 5.74) is 6.95. The Kier molecular flexibility index (Phi) is 21.9. The molecule has 3 rings (SSSR count). The lowest BCUT2D eigenvalue weighted by atomic mass is 10.0. The fraction of sp³-hybridized carbons (Fsp3) is 0.674. The molecule has 69 heavy (non-hydrogen) atoms. The van der Waals surface area contributed by atoms with E-state index < -0.39 is 92.0 Å². The van der Waals surface area contributed by atoms with Crippen molar-refractivity contribution in [3.05, 3.63) is 35.2 Å². The van der Waals surface area contributed by atoms with Crippen molar-refractivity contribution in [2.75, 3.05) is 19.8 Å². The van der Waals surface area contributed by atoms with Crippen LogP contribution in [0.5, 0.6) is 0 Å². The van der Waals surface area contributed by atoms with E-state index in [1.54, 1.807) is 45.5 Å². The van der Waals surface area contributed by atoms with E-state index in [2.05, 4.69) is 41.0 Å². The first-order valence-corrected chi connectivity index (χ1v) is 24.3. The molecule has 25 nitrogen and oxygen atoms in total. The van der Waals surface area contributed by atoms with Crippen LogP contribution in [0.1, 0.15) is 116 Å². The van der Waals surface area contributed by atoms with Crippen LogP contribution in [-0.2, 0) is 60.4 Å². The number of likely N-dealkylation sites (tertiary alicyclic amines) is 1. The van der Waals surface area contributed by atoms with Crippen molar-refractivity contribution in [2.45, 2.75) is 162 Å². The van der Waals surface area contributed by atoms with E-state index in [0.717, 1.165) is 19.8 Å². The van der Waals surface area contributed by atoms with E-state index in [1.165, 1.54) is 28.9 Å². The van der Waals surface area contributed by atoms with Crippen LogP contribution in [0.25, 0.3) is 0 Å². The van der Waals surface area contributed by atoms with Gasteiger partial charge in [0.05, 0.1) is 36.6 Å². The van der Waals surface area contributed by atoms with Gasteiger partial charge in [-0.15, -0.1) is 0 Å². The molecule has 26 heteroatoms. The number of ether oxygens (including phenoxy) is 1. The third-order valence-electron chi connectivity index (χ3n) is 10.9. The zero-order valence-corrected chi connectivity index (χ0v) is 41.7. The number of phosphoric acid groups is 1. The van der Waals surface area contributed by atoms with Crippen LogP contribution in [0.4, 0.5) is 4.79 Å². The van der Waals surface area contributed by atoms with E-state index in [9.17, 15) is 53.0 Å². The van der Waals surface area contributed by atoms with Gasteiger partial charge < -0.3 is 60.9 Å². The molecule has 1 aliphatic rings. The number of nitrogens with two attached hydrogens (primary N) is 1. The molecule has 9 N–H and O–H groups in total. The molecular formula is C43H70N11O14P. The number of carbonyl (C=O) groups excluding carboxylic acids is 7. The fourth-order valence-corrected chi connectivity index (χ4v) is 8.04. The second-order valence-corrected chi connectivity index (χ2v) is 19.5. The summed E-state index contributed by atoms with van der Waals surface area (Å²) in [6.45, 7) is 15.0. The van der Waals surface area contributed by atoms with Crippen LogP contribution in [0, 0.1) is 19.8 Å². The molecule has 0 unspecified atom stereocenters. The predicted molar refractivity (Wildman–Crippen MR) is 248 cm³/mol. The van der Waals surface area contributed by atoms with E-state index in [4.69, 9.17) is 15.3 Å². The highest BCUT2D eigenvalue weighted by atomic mass is 31.2. The summed E-state index contributed by atoms with van der Waals surface area (Å²) in [5, 5.41) is 28.4. The molecule has 6 amide bonds. The van der Waals surface area contributed by atoms with Gasteiger partial charge in [0, 0.05) is 43.9 Å². The summed E-state index contributed by atoms with van der Waals surface area (Å²) in [5.74, 6) is -5.05. The van der Waals surface area contributed by atoms with Crippen molar-refractivity contribution >= 4 is 55.6 Å². The lowest BCUT2D eigenvalue weighted by Crippen LogP contribution is -2.61. The van der Waals surface area contributed by atoms with Gasteiger partial charge in [-0.1, -0.05) is 25.4 Å². The lowest BCUT2D eigenvalue weighted by Gasteiger charge is -2.28. The Morgan fingerprint density at radius 2 is 1.59 bits per heavy atom. The number of unbranched alkanes of at least 4 members (excludes halogenated alkanes) is 3. The number of aliphatic hydroxyl groups excluding tert-OH is 1. The number of primary amides is 1. The number of nitrogens with zero attached hydrogens (tertiary/aromatic N) is 6. The van der Waals surface area contributed by atoms with Gasteiger partial charge in [-0.2, -0.15) is 9.78 Å². The molecule has 2 aromatic heterocycles. The maximum Gasteiger partial charge on any atom is 0.469 e. The van der Waals surface area contributed by atoms with Crippen LogP contribution >= 0.6 is 7.82 Å². The Morgan fingerprint density at radius 1 is 0.957 bits per heavy atom. The number of carbonyl (C=O) groups is 7. The summed E-state index contributed by atoms with van der Waals surface area (Å²) in [6, 6.07) is -6.94. The van der Waals surface area contributed by atoms with Crippen molar-refractivity contribution in [2.24, 2.45) is 16.8 Å². The zero-order valence-electron chi connectivity index (χ0n) is 40.8. The Hall–Kier alpha value is -5.75. The molecular weight excluding hydrogens is 926 g/mol. The number of amides is 6. The Bertz CT molecular complexity index is 2180. The summed E-state index contributed by atoms with van der Waals surface area (Å²) in [7, 11) is -5.14. The molecule has 2 aromatic rings. The van der Waals surface area contributed by atoms with Crippen LogP contribution in [0.15, 0.2) is 17.7 Å². The SMILES string of the molecule is CC(=O)N1CCC[C@H]1C(=O)N[C@@H](CC(C)C)C(=O)N[C@@H](Cc1cncn1CCCCCCO/N=C/c1c(C)nn(C(=O)OC(C)(C)C)c1C)C(=O)N[C@@H](CO)C(=O)N[C@H](C(N)=O)[C@@H](C)OP(=O)(O)O. The Balaban J connectivity index is 1.72. The van der Waals surface area contributed by atoms with E-state index >= 15 is 0 Å². The summed E-state index contributed by atoms with van der Waals surface area (Å²) < 4.78 is 24.3. The minimum atomic E-state index is -5.14. The van der Waals surface area contributed by atoms with Crippen LogP contribution in [-0.4, -0.2) is 149 Å². The number of rotatable bonds is 26. The first kappa shape index (κ1) is 57.6. The number of aryl methyl sites for hydroxylation is 2. The van der Waals surface area contributed by atoms with Crippen LogP contribution < -0.4 is 27.0 Å². The second kappa shape index (κ2) is 26.3. The molecule has 0 spiro atoms. The number of phosphoric ester groups is 1. The molecule has 386 valence electrons. The number of oxime groups is 1. The van der Waals surface area contributed by atoms with Crippen molar-refractivity contribution in [1.82, 2.24) is 45.5 Å². The first-order chi connectivity index (χ1) is 32.2. The second-order valence-electron chi connectivity index (χ2n) is 18.3. The van der Waals surface area contributed by atoms with Gasteiger partial charge in [0.2, 0.25) is 35.4 Å². The largest absolute Gasteiger partial charge is 0.469 e. The van der Waals surface area contributed by atoms with E-state index in [0.29, 0.717) is 68.0 Å². The van der Waals surface area contributed by atoms with E-state index in [-0.39, 0.29) is 24.7 Å². The normalized spacial score (nSPS) is 16.4. The van der Waals surface area contributed by atoms with Crippen LogP contribution in [0.3, 0.4) is 0 Å². The summed E-state index contributed by atoms with van der Waals surface area (Å²) in [6.07, 6.45) is 6.19. The average Bonchev–Trinajstić information content (AvgIpc) is 3.98. The summed E-state index contributed by atoms with van der Waals surface area (Å²) >= 11 is 0. The predicted octanol–water partition coefficient (Wildman–Crippen LogP) is 0.605. The van der Waals surface area contributed by atoms with Crippen molar-refractivity contribution < 1.29 is 67.1 Å². The molecule has 3 heterocycles. The molecule has 0 aliphatic carbocycles. The van der Waals surface area contributed by atoms with Crippen molar-refractivity contribution in [3.8, 4) is 0 Å². The van der Waals surface area contributed by atoms with Gasteiger partial charge in [-0.3, -0.25) is 33.3 Å². The molecule has 1 fully saturated rings. The van der Waals surface area contributed by atoms with Gasteiger partial charge in [-0.25, -0.2) is 14.3 Å². The number of hydrogen-bond acceptors (Lipinski definition) is 15. The van der Waals surface area contributed by atoms with Crippen molar-refractivity contribution in [3.63, 3.8) is 0 Å². The minimum Gasteiger partial charge on any atom is -0.442 e. The number of aliphatic hydroxyl groups is 1. The first-order valence-electron chi connectivity index (χ1n) is 22.8. The number of hydrogen-bond donors (Lipinski definition) is 8. The van der Waals surface area contributed by atoms with Gasteiger partial charge in [0.15, 0.2) is 0 Å². The topological polar surface area (TPSA) is 350 Å². The molecule has 0 saturated carbocycles. The monoisotopic (exact) mass is 995 g/mol. The summed E-state index contributed by atoms with van der Waals surface area (Å²) in [4.78, 5) is 121. The highest BCUT2D eigenvalue weighted by Gasteiger charge is 2.37. The average molecular weight is 996 g/mol. The number of nitrogens with one attached hydrogen (secondary N) is 4. The number of imidazole rings is 1. The van der Waals surface area contributed by atoms with Crippen LogP contribution in [0.2, 0.25) is 0 Å². The minimum absolute atomic E-state index is 0.115. The smallest absolute Gasteiger partial charge is 0.442 e. The maximum atomic E-state index is 14.1. The zero-order chi connectivity index (χ0) is 51.8. The highest BCUT2D eigenvalue weighted by molar-refractivity contribution is 7.46. The quantitative estimate of drug-likeness (QED) is 0.0277. The van der Waals surface area contributed by atoms with Gasteiger partial charge in [0.1, 0.15) is 42.4 Å². The third kappa shape index (κ3) is 18.6. The Labute approximate surface area is 401 Å². The highest BCUT2D eigenvalue weighted by Crippen LogP contribution is 2.38. The number of aromatic nitrogens is 4.